The molecule has 0 saturated carbocycles. The third-order valence-electron chi connectivity index (χ3n) is 3.68. The van der Waals surface area contributed by atoms with E-state index in [0.29, 0.717) is 16.3 Å². The first-order valence-corrected chi connectivity index (χ1v) is 8.03. The highest BCUT2D eigenvalue weighted by Gasteiger charge is 2.19. The van der Waals surface area contributed by atoms with E-state index in [1.807, 2.05) is 0 Å². The number of rotatable bonds is 7. The lowest BCUT2D eigenvalue weighted by Crippen LogP contribution is -2.46. The van der Waals surface area contributed by atoms with Crippen molar-refractivity contribution in [1.29, 1.82) is 0 Å². The molecule has 0 aliphatic carbocycles. The van der Waals surface area contributed by atoms with E-state index in [1.54, 1.807) is 18.2 Å². The lowest BCUT2D eigenvalue weighted by atomic mass is 10.0. The summed E-state index contributed by atoms with van der Waals surface area (Å²) in [7, 11) is 1.48. The number of primary amides is 1. The summed E-state index contributed by atoms with van der Waals surface area (Å²) in [5, 5.41) is 2.85. The highest BCUT2D eigenvalue weighted by atomic mass is 35.5. The maximum absolute atomic E-state index is 13.2. The van der Waals surface area contributed by atoms with Crippen molar-refractivity contribution >= 4 is 23.4 Å². The number of benzene rings is 2. The van der Waals surface area contributed by atoms with Gasteiger partial charge in [-0.05, 0) is 35.4 Å². The maximum atomic E-state index is 13.2. The van der Waals surface area contributed by atoms with Crippen LogP contribution in [0, 0.1) is 11.6 Å². The van der Waals surface area contributed by atoms with Gasteiger partial charge >= 0.3 is 0 Å². The fourth-order valence-electron chi connectivity index (χ4n) is 2.38. The van der Waals surface area contributed by atoms with Crippen LogP contribution >= 0.6 is 11.6 Å². The molecule has 8 heteroatoms. The van der Waals surface area contributed by atoms with Crippen LogP contribution in [0.1, 0.15) is 11.1 Å². The van der Waals surface area contributed by atoms with Crippen molar-refractivity contribution < 1.29 is 23.1 Å². The molecule has 1 atom stereocenters. The van der Waals surface area contributed by atoms with Crippen LogP contribution < -0.4 is 15.8 Å². The van der Waals surface area contributed by atoms with Gasteiger partial charge in [-0.15, -0.1) is 0 Å². The second kappa shape index (κ2) is 8.62. The van der Waals surface area contributed by atoms with E-state index in [2.05, 4.69) is 5.32 Å². The average Bonchev–Trinajstić information content (AvgIpc) is 2.57. The van der Waals surface area contributed by atoms with Crippen molar-refractivity contribution in [3.05, 3.63) is 64.2 Å². The summed E-state index contributed by atoms with van der Waals surface area (Å²) in [6.45, 7) is 0. The van der Waals surface area contributed by atoms with Gasteiger partial charge in [-0.2, -0.15) is 0 Å². The molecule has 138 valence electrons. The smallest absolute Gasteiger partial charge is 0.240 e. The first-order chi connectivity index (χ1) is 12.3. The van der Waals surface area contributed by atoms with E-state index in [1.165, 1.54) is 13.2 Å². The Hall–Kier alpha value is -2.67. The Morgan fingerprint density at radius 2 is 1.85 bits per heavy atom. The van der Waals surface area contributed by atoms with Crippen LogP contribution in [-0.2, 0) is 22.4 Å². The number of nitrogens with one attached hydrogen (secondary N) is 1. The van der Waals surface area contributed by atoms with E-state index in [9.17, 15) is 18.4 Å². The van der Waals surface area contributed by atoms with Crippen LogP contribution in [-0.4, -0.2) is 25.0 Å². The summed E-state index contributed by atoms with van der Waals surface area (Å²) in [5.74, 6) is -2.83. The summed E-state index contributed by atoms with van der Waals surface area (Å²) >= 11 is 6.04. The zero-order chi connectivity index (χ0) is 19.3. The first kappa shape index (κ1) is 19.7. The van der Waals surface area contributed by atoms with Crippen molar-refractivity contribution in [2.45, 2.75) is 18.9 Å². The molecule has 0 aliphatic heterocycles. The van der Waals surface area contributed by atoms with Gasteiger partial charge in [-0.3, -0.25) is 9.59 Å². The van der Waals surface area contributed by atoms with Crippen molar-refractivity contribution in [3.8, 4) is 5.75 Å². The van der Waals surface area contributed by atoms with Crippen molar-refractivity contribution in [2.24, 2.45) is 5.73 Å². The summed E-state index contributed by atoms with van der Waals surface area (Å²) in [4.78, 5) is 23.7. The summed E-state index contributed by atoms with van der Waals surface area (Å²) in [6.07, 6.45) is -0.0904. The Labute approximate surface area is 154 Å². The van der Waals surface area contributed by atoms with E-state index in [4.69, 9.17) is 22.1 Å². The molecule has 0 spiro atoms. The molecule has 0 radical (unpaired) electrons. The molecule has 2 rings (SSSR count). The van der Waals surface area contributed by atoms with E-state index in [-0.39, 0.29) is 18.4 Å². The highest BCUT2D eigenvalue weighted by molar-refractivity contribution is 6.32. The summed E-state index contributed by atoms with van der Waals surface area (Å²) in [6, 6.07) is 7.12. The van der Waals surface area contributed by atoms with Crippen LogP contribution in [0.5, 0.6) is 5.75 Å². The zero-order valence-electron chi connectivity index (χ0n) is 13.9. The molecule has 0 fully saturated rings. The van der Waals surface area contributed by atoms with E-state index >= 15 is 0 Å². The average molecular weight is 383 g/mol. The number of halogens is 3. The summed E-state index contributed by atoms with van der Waals surface area (Å²) in [5.41, 5.74) is 6.29. The van der Waals surface area contributed by atoms with Gasteiger partial charge in [0, 0.05) is 6.42 Å². The molecule has 5 nitrogen and oxygen atoms in total. The number of amides is 2. The van der Waals surface area contributed by atoms with E-state index < -0.39 is 29.5 Å². The van der Waals surface area contributed by atoms with Crippen molar-refractivity contribution in [2.75, 3.05) is 7.11 Å². The lowest BCUT2D eigenvalue weighted by molar-refractivity contribution is -0.127. The number of hydrogen-bond donors (Lipinski definition) is 2. The van der Waals surface area contributed by atoms with Gasteiger partial charge in [-0.25, -0.2) is 8.78 Å². The maximum Gasteiger partial charge on any atom is 0.240 e. The standard InChI is InChI=1S/C18H17ClF2N2O3/c1-26-16-5-3-10(6-12(16)19)8-15(18(22)25)23-17(24)9-11-2-4-13(20)14(21)7-11/h2-7,15H,8-9H2,1H3,(H2,22,25)(H,23,24)/t15-/m0/s1. The number of nitrogens with two attached hydrogens (primary N) is 1. The molecule has 2 aromatic carbocycles. The Kier molecular flexibility index (Phi) is 6.52. The fourth-order valence-corrected chi connectivity index (χ4v) is 2.66. The third kappa shape index (κ3) is 5.16. The van der Waals surface area contributed by atoms with Gasteiger partial charge in [0.05, 0.1) is 18.6 Å². The lowest BCUT2D eigenvalue weighted by Gasteiger charge is -2.16. The van der Waals surface area contributed by atoms with Gasteiger partial charge in [0.25, 0.3) is 0 Å². The Balaban J connectivity index is 2.05. The molecule has 0 saturated heterocycles. The predicted octanol–water partition coefficient (Wildman–Crippen LogP) is 2.38. The highest BCUT2D eigenvalue weighted by Crippen LogP contribution is 2.25. The Morgan fingerprint density at radius 3 is 2.42 bits per heavy atom. The van der Waals surface area contributed by atoms with Crippen LogP contribution in [0.25, 0.3) is 0 Å². The first-order valence-electron chi connectivity index (χ1n) is 7.65. The monoisotopic (exact) mass is 382 g/mol. The largest absolute Gasteiger partial charge is 0.495 e. The Bertz CT molecular complexity index is 830. The SMILES string of the molecule is COc1ccc(C[C@H](NC(=O)Cc2ccc(F)c(F)c2)C(N)=O)cc1Cl. The Morgan fingerprint density at radius 1 is 1.15 bits per heavy atom. The van der Waals surface area contributed by atoms with Crippen LogP contribution in [0.2, 0.25) is 5.02 Å². The minimum absolute atomic E-state index is 0.128. The van der Waals surface area contributed by atoms with Crippen molar-refractivity contribution in [1.82, 2.24) is 5.32 Å². The molecule has 0 unspecified atom stereocenters. The number of hydrogen-bond acceptors (Lipinski definition) is 3. The number of carbonyl (C=O) groups excluding carboxylic acids is 2. The molecular formula is C18H17ClF2N2O3. The molecule has 3 N–H and O–H groups in total. The predicted molar refractivity (Wildman–Crippen MR) is 92.9 cm³/mol. The topological polar surface area (TPSA) is 81.4 Å². The van der Waals surface area contributed by atoms with Gasteiger partial charge < -0.3 is 15.8 Å². The second-order valence-electron chi connectivity index (χ2n) is 5.62. The van der Waals surface area contributed by atoms with Gasteiger partial charge in [0.2, 0.25) is 11.8 Å². The van der Waals surface area contributed by atoms with Crippen LogP contribution in [0.3, 0.4) is 0 Å². The minimum atomic E-state index is -1.05. The van der Waals surface area contributed by atoms with Gasteiger partial charge in [-0.1, -0.05) is 23.7 Å². The van der Waals surface area contributed by atoms with Gasteiger partial charge in [0.1, 0.15) is 11.8 Å². The second-order valence-corrected chi connectivity index (χ2v) is 6.03. The van der Waals surface area contributed by atoms with Crippen LogP contribution in [0.4, 0.5) is 8.78 Å². The molecule has 0 bridgehead atoms. The van der Waals surface area contributed by atoms with E-state index in [0.717, 1.165) is 12.1 Å². The fraction of sp³-hybridized carbons (Fsp3) is 0.222. The number of carbonyl (C=O) groups is 2. The van der Waals surface area contributed by atoms with Gasteiger partial charge in [0.15, 0.2) is 11.6 Å². The quantitative estimate of drug-likeness (QED) is 0.771. The molecule has 0 aliphatic rings. The minimum Gasteiger partial charge on any atom is -0.495 e. The number of ether oxygens (including phenoxy) is 1. The molecule has 2 amide bonds. The normalized spacial score (nSPS) is 11.7. The molecular weight excluding hydrogens is 366 g/mol. The molecule has 0 aromatic heterocycles. The zero-order valence-corrected chi connectivity index (χ0v) is 14.6. The molecule has 0 heterocycles. The summed E-state index contributed by atoms with van der Waals surface area (Å²) < 4.78 is 31.2. The third-order valence-corrected chi connectivity index (χ3v) is 3.98. The molecule has 26 heavy (non-hydrogen) atoms. The van der Waals surface area contributed by atoms with Crippen molar-refractivity contribution in [3.63, 3.8) is 0 Å². The van der Waals surface area contributed by atoms with Crippen LogP contribution in [0.15, 0.2) is 36.4 Å². The molecule has 2 aromatic rings. The number of methoxy groups -OCH3 is 1.